The Morgan fingerprint density at radius 1 is 1.44 bits per heavy atom. The van der Waals surface area contributed by atoms with Gasteiger partial charge in [-0.05, 0) is 31.2 Å². The van der Waals surface area contributed by atoms with E-state index in [1.165, 1.54) is 31.4 Å². The van der Waals surface area contributed by atoms with E-state index >= 15 is 0 Å². The van der Waals surface area contributed by atoms with Crippen LogP contribution in [-0.4, -0.2) is 23.5 Å². The van der Waals surface area contributed by atoms with E-state index in [4.69, 9.17) is 4.42 Å². The summed E-state index contributed by atoms with van der Waals surface area (Å²) in [6, 6.07) is 3.46. The Balaban J connectivity index is 1.61. The molecule has 0 amide bonds. The van der Waals surface area contributed by atoms with Crippen LogP contribution in [0, 0.1) is 5.92 Å². The average Bonchev–Trinajstić information content (AvgIpc) is 3.02. The SMILES string of the molecule is CC(C)NCc1ccoc1CN1CC2CCC1C2. The number of furan rings is 1. The monoisotopic (exact) mass is 248 g/mol. The predicted molar refractivity (Wildman–Crippen MR) is 72.2 cm³/mol. The van der Waals surface area contributed by atoms with E-state index in [0.29, 0.717) is 6.04 Å². The van der Waals surface area contributed by atoms with E-state index in [1.54, 1.807) is 0 Å². The first kappa shape index (κ1) is 12.2. The summed E-state index contributed by atoms with van der Waals surface area (Å²) >= 11 is 0. The highest BCUT2D eigenvalue weighted by molar-refractivity contribution is 5.17. The van der Waals surface area contributed by atoms with Crippen molar-refractivity contribution in [1.29, 1.82) is 0 Å². The molecule has 2 unspecified atom stereocenters. The Morgan fingerprint density at radius 2 is 2.33 bits per heavy atom. The molecule has 18 heavy (non-hydrogen) atoms. The fourth-order valence-corrected chi connectivity index (χ4v) is 3.38. The molecule has 1 N–H and O–H groups in total. The van der Waals surface area contributed by atoms with Gasteiger partial charge in [-0.3, -0.25) is 4.90 Å². The van der Waals surface area contributed by atoms with Gasteiger partial charge in [-0.1, -0.05) is 13.8 Å². The lowest BCUT2D eigenvalue weighted by Gasteiger charge is -2.26. The van der Waals surface area contributed by atoms with Gasteiger partial charge in [0.05, 0.1) is 12.8 Å². The zero-order chi connectivity index (χ0) is 12.5. The first-order chi connectivity index (χ1) is 8.72. The van der Waals surface area contributed by atoms with Crippen LogP contribution in [0.5, 0.6) is 0 Å². The van der Waals surface area contributed by atoms with Gasteiger partial charge in [0.2, 0.25) is 0 Å². The van der Waals surface area contributed by atoms with Gasteiger partial charge in [0.15, 0.2) is 0 Å². The maximum atomic E-state index is 5.68. The lowest BCUT2D eigenvalue weighted by molar-refractivity contribution is 0.189. The maximum Gasteiger partial charge on any atom is 0.122 e. The molecule has 100 valence electrons. The van der Waals surface area contributed by atoms with Gasteiger partial charge in [0.25, 0.3) is 0 Å². The molecule has 1 aliphatic carbocycles. The van der Waals surface area contributed by atoms with Crippen LogP contribution >= 0.6 is 0 Å². The normalized spacial score (nSPS) is 27.5. The molecule has 0 spiro atoms. The Hall–Kier alpha value is -0.800. The molecule has 2 bridgehead atoms. The van der Waals surface area contributed by atoms with Gasteiger partial charge < -0.3 is 9.73 Å². The van der Waals surface area contributed by atoms with Crippen molar-refractivity contribution in [2.24, 2.45) is 5.92 Å². The lowest BCUT2D eigenvalue weighted by Crippen LogP contribution is -2.32. The quantitative estimate of drug-likeness (QED) is 0.868. The van der Waals surface area contributed by atoms with Crippen LogP contribution in [-0.2, 0) is 13.1 Å². The zero-order valence-electron chi connectivity index (χ0n) is 11.5. The van der Waals surface area contributed by atoms with Crippen LogP contribution in [0.1, 0.15) is 44.4 Å². The van der Waals surface area contributed by atoms with Crippen molar-refractivity contribution in [3.8, 4) is 0 Å². The second kappa shape index (κ2) is 5.06. The number of hydrogen-bond donors (Lipinski definition) is 1. The second-order valence-electron chi connectivity index (χ2n) is 6.17. The van der Waals surface area contributed by atoms with E-state index in [1.807, 2.05) is 6.26 Å². The van der Waals surface area contributed by atoms with Gasteiger partial charge in [-0.25, -0.2) is 0 Å². The summed E-state index contributed by atoms with van der Waals surface area (Å²) in [7, 11) is 0. The number of piperidine rings is 1. The molecular weight excluding hydrogens is 224 g/mol. The number of nitrogens with one attached hydrogen (secondary N) is 1. The van der Waals surface area contributed by atoms with E-state index in [0.717, 1.165) is 30.8 Å². The Labute approximate surface area is 110 Å². The predicted octanol–water partition coefficient (Wildman–Crippen LogP) is 2.76. The molecular formula is C15H24N2O. The molecule has 1 aromatic heterocycles. The molecule has 3 rings (SSSR count). The van der Waals surface area contributed by atoms with Crippen molar-refractivity contribution >= 4 is 0 Å². The fraction of sp³-hybridized carbons (Fsp3) is 0.733. The Bertz CT molecular complexity index is 399. The van der Waals surface area contributed by atoms with Crippen LogP contribution < -0.4 is 5.32 Å². The average molecular weight is 248 g/mol. The molecule has 2 aliphatic rings. The number of rotatable bonds is 5. The highest BCUT2D eigenvalue weighted by atomic mass is 16.3. The fourth-order valence-electron chi connectivity index (χ4n) is 3.38. The number of hydrogen-bond acceptors (Lipinski definition) is 3. The Kier molecular flexibility index (Phi) is 3.44. The molecule has 2 heterocycles. The maximum absolute atomic E-state index is 5.68. The summed E-state index contributed by atoms with van der Waals surface area (Å²) in [5.74, 6) is 2.12. The summed E-state index contributed by atoms with van der Waals surface area (Å²) in [5.41, 5.74) is 1.33. The van der Waals surface area contributed by atoms with Gasteiger partial charge in [0.1, 0.15) is 5.76 Å². The summed E-state index contributed by atoms with van der Waals surface area (Å²) in [6.07, 6.45) is 6.09. The first-order valence-corrected chi connectivity index (χ1v) is 7.25. The summed E-state index contributed by atoms with van der Waals surface area (Å²) in [6.45, 7) is 7.56. The molecule has 0 radical (unpaired) electrons. The van der Waals surface area contributed by atoms with Crippen molar-refractivity contribution in [2.75, 3.05) is 6.54 Å². The molecule has 0 aromatic carbocycles. The molecule has 2 fully saturated rings. The highest BCUT2D eigenvalue weighted by Crippen LogP contribution is 2.38. The molecule has 3 heteroatoms. The van der Waals surface area contributed by atoms with E-state index < -0.39 is 0 Å². The zero-order valence-corrected chi connectivity index (χ0v) is 11.5. The summed E-state index contributed by atoms with van der Waals surface area (Å²) in [5, 5.41) is 3.47. The van der Waals surface area contributed by atoms with Gasteiger partial charge >= 0.3 is 0 Å². The minimum atomic E-state index is 0.524. The number of nitrogens with zero attached hydrogens (tertiary/aromatic N) is 1. The molecule has 1 saturated carbocycles. The van der Waals surface area contributed by atoms with Crippen LogP contribution in [0.15, 0.2) is 16.7 Å². The number of fused-ring (bicyclic) bond motifs is 2. The molecule has 1 aromatic rings. The highest BCUT2D eigenvalue weighted by Gasteiger charge is 2.38. The third-order valence-electron chi connectivity index (χ3n) is 4.41. The van der Waals surface area contributed by atoms with Gasteiger partial charge in [-0.15, -0.1) is 0 Å². The minimum absolute atomic E-state index is 0.524. The Morgan fingerprint density at radius 3 is 3.00 bits per heavy atom. The van der Waals surface area contributed by atoms with Crippen molar-refractivity contribution < 1.29 is 4.42 Å². The third-order valence-corrected chi connectivity index (χ3v) is 4.41. The van der Waals surface area contributed by atoms with Crippen molar-refractivity contribution in [2.45, 2.75) is 58.3 Å². The van der Waals surface area contributed by atoms with Crippen molar-refractivity contribution in [3.63, 3.8) is 0 Å². The van der Waals surface area contributed by atoms with Crippen molar-refractivity contribution in [1.82, 2.24) is 10.2 Å². The molecule has 2 atom stereocenters. The number of likely N-dealkylation sites (tertiary alicyclic amines) is 1. The molecule has 1 aliphatic heterocycles. The van der Waals surface area contributed by atoms with Gasteiger partial charge in [-0.2, -0.15) is 0 Å². The largest absolute Gasteiger partial charge is 0.468 e. The van der Waals surface area contributed by atoms with Crippen LogP contribution in [0.4, 0.5) is 0 Å². The topological polar surface area (TPSA) is 28.4 Å². The van der Waals surface area contributed by atoms with E-state index in [-0.39, 0.29) is 0 Å². The van der Waals surface area contributed by atoms with Gasteiger partial charge in [0, 0.05) is 30.7 Å². The van der Waals surface area contributed by atoms with Crippen LogP contribution in [0.25, 0.3) is 0 Å². The molecule has 3 nitrogen and oxygen atoms in total. The van der Waals surface area contributed by atoms with Crippen LogP contribution in [0.3, 0.4) is 0 Å². The van der Waals surface area contributed by atoms with Crippen molar-refractivity contribution in [3.05, 3.63) is 23.7 Å². The molecule has 1 saturated heterocycles. The standard InChI is InChI=1S/C15H24N2O/c1-11(2)16-8-13-5-6-18-15(13)10-17-9-12-3-4-14(17)7-12/h5-6,11-12,14,16H,3-4,7-10H2,1-2H3. The summed E-state index contributed by atoms with van der Waals surface area (Å²) in [4.78, 5) is 2.62. The minimum Gasteiger partial charge on any atom is -0.468 e. The smallest absolute Gasteiger partial charge is 0.122 e. The first-order valence-electron chi connectivity index (χ1n) is 7.25. The summed E-state index contributed by atoms with van der Waals surface area (Å²) < 4.78 is 5.68. The van der Waals surface area contributed by atoms with E-state index in [9.17, 15) is 0 Å². The third kappa shape index (κ3) is 2.47. The van der Waals surface area contributed by atoms with E-state index in [2.05, 4.69) is 30.1 Å². The second-order valence-corrected chi connectivity index (χ2v) is 6.17. The lowest BCUT2D eigenvalue weighted by atomic mass is 10.1. The van der Waals surface area contributed by atoms with Crippen LogP contribution in [0.2, 0.25) is 0 Å².